The van der Waals surface area contributed by atoms with Gasteiger partial charge in [0, 0.05) is 53.1 Å². The lowest BCUT2D eigenvalue weighted by Crippen LogP contribution is -2.21. The minimum absolute atomic E-state index is 0.00961. The molecule has 0 aliphatic carbocycles. The lowest BCUT2D eigenvalue weighted by molar-refractivity contribution is -0.387. The molecule has 5 nitrogen and oxygen atoms in total. The van der Waals surface area contributed by atoms with Gasteiger partial charge in [-0.2, -0.15) is 4.39 Å². The van der Waals surface area contributed by atoms with Crippen LogP contribution in [0.15, 0.2) is 12.1 Å². The summed E-state index contributed by atoms with van der Waals surface area (Å²) in [6, 6.07) is 1.37. The molecule has 1 N–H and O–H groups in total. The zero-order valence-electron chi connectivity index (χ0n) is 10.3. The van der Waals surface area contributed by atoms with E-state index in [4.69, 9.17) is 0 Å². The quantitative estimate of drug-likeness (QED) is 0.472. The zero-order chi connectivity index (χ0) is 14.4. The molecule has 19 heavy (non-hydrogen) atoms. The summed E-state index contributed by atoms with van der Waals surface area (Å²) in [6.07, 6.45) is 0. The second kappa shape index (κ2) is 7.25. The summed E-state index contributed by atoms with van der Waals surface area (Å²) in [7, 11) is -0.930. The van der Waals surface area contributed by atoms with Crippen LogP contribution in [-0.4, -0.2) is 27.2 Å². The minimum Gasteiger partial charge on any atom is -0.312 e. The normalized spacial score (nSPS) is 12.4. The van der Waals surface area contributed by atoms with Crippen LogP contribution in [0.4, 0.5) is 14.5 Å². The van der Waals surface area contributed by atoms with Crippen molar-refractivity contribution in [3.8, 4) is 0 Å². The third-order valence-corrected chi connectivity index (χ3v) is 3.76. The average molecular weight is 292 g/mol. The van der Waals surface area contributed by atoms with Gasteiger partial charge in [0.15, 0.2) is 0 Å². The molecule has 1 aromatic rings. The SMILES string of the molecule is CCS(=O)CCNCc1cc([N+](=O)[O-])c(F)cc1F. The van der Waals surface area contributed by atoms with Gasteiger partial charge in [0.25, 0.3) is 0 Å². The Morgan fingerprint density at radius 2 is 2.05 bits per heavy atom. The molecule has 1 unspecified atom stereocenters. The van der Waals surface area contributed by atoms with E-state index in [-0.39, 0.29) is 12.1 Å². The van der Waals surface area contributed by atoms with Crippen LogP contribution in [0.25, 0.3) is 0 Å². The fourth-order valence-electron chi connectivity index (χ4n) is 1.41. The maximum absolute atomic E-state index is 13.4. The third kappa shape index (κ3) is 4.64. The molecular formula is C11H14F2N2O3S. The number of rotatable bonds is 7. The second-order valence-corrected chi connectivity index (χ2v) is 5.63. The van der Waals surface area contributed by atoms with Gasteiger partial charge >= 0.3 is 5.69 Å². The van der Waals surface area contributed by atoms with Gasteiger partial charge in [-0.05, 0) is 0 Å². The van der Waals surface area contributed by atoms with Gasteiger partial charge in [-0.1, -0.05) is 6.92 Å². The predicted molar refractivity (Wildman–Crippen MR) is 68.3 cm³/mol. The van der Waals surface area contributed by atoms with Crippen LogP contribution in [0.1, 0.15) is 12.5 Å². The summed E-state index contributed by atoms with van der Waals surface area (Å²) in [6.45, 7) is 2.21. The van der Waals surface area contributed by atoms with E-state index in [9.17, 15) is 23.1 Å². The molecular weight excluding hydrogens is 278 g/mol. The van der Waals surface area contributed by atoms with Crippen molar-refractivity contribution in [3.63, 3.8) is 0 Å². The summed E-state index contributed by atoms with van der Waals surface area (Å²) < 4.78 is 37.6. The summed E-state index contributed by atoms with van der Waals surface area (Å²) in [5.74, 6) is -1.08. The molecule has 0 radical (unpaired) electrons. The number of hydrogen-bond donors (Lipinski definition) is 1. The second-order valence-electron chi connectivity index (χ2n) is 3.76. The first kappa shape index (κ1) is 15.6. The van der Waals surface area contributed by atoms with E-state index in [1.165, 1.54) is 0 Å². The first-order valence-electron chi connectivity index (χ1n) is 5.63. The van der Waals surface area contributed by atoms with Crippen LogP contribution in [-0.2, 0) is 17.3 Å². The number of benzene rings is 1. The molecule has 0 bridgehead atoms. The first-order chi connectivity index (χ1) is 8.95. The highest BCUT2D eigenvalue weighted by molar-refractivity contribution is 7.84. The van der Waals surface area contributed by atoms with Crippen molar-refractivity contribution >= 4 is 16.5 Å². The maximum Gasteiger partial charge on any atom is 0.305 e. The fraction of sp³-hybridized carbons (Fsp3) is 0.455. The van der Waals surface area contributed by atoms with Gasteiger partial charge in [-0.15, -0.1) is 0 Å². The molecule has 1 atom stereocenters. The van der Waals surface area contributed by atoms with E-state index in [2.05, 4.69) is 5.32 Å². The van der Waals surface area contributed by atoms with E-state index < -0.39 is 33.0 Å². The smallest absolute Gasteiger partial charge is 0.305 e. The minimum atomic E-state index is -1.20. The summed E-state index contributed by atoms with van der Waals surface area (Å²) in [4.78, 5) is 9.63. The fourth-order valence-corrected chi connectivity index (χ4v) is 2.07. The van der Waals surface area contributed by atoms with Crippen molar-refractivity contribution in [3.05, 3.63) is 39.4 Å². The highest BCUT2D eigenvalue weighted by atomic mass is 32.2. The van der Waals surface area contributed by atoms with Crippen LogP contribution >= 0.6 is 0 Å². The van der Waals surface area contributed by atoms with Gasteiger partial charge in [0.05, 0.1) is 4.92 Å². The van der Waals surface area contributed by atoms with Crippen molar-refractivity contribution in [1.82, 2.24) is 5.32 Å². The Hall–Kier alpha value is -1.41. The monoisotopic (exact) mass is 292 g/mol. The Morgan fingerprint density at radius 1 is 1.37 bits per heavy atom. The molecule has 0 saturated heterocycles. The summed E-state index contributed by atoms with van der Waals surface area (Å²) in [5, 5.41) is 13.3. The molecule has 0 aliphatic rings. The molecule has 0 heterocycles. The lowest BCUT2D eigenvalue weighted by atomic mass is 10.2. The number of nitro benzene ring substituents is 1. The third-order valence-electron chi connectivity index (χ3n) is 2.46. The summed E-state index contributed by atoms with van der Waals surface area (Å²) in [5.41, 5.74) is -0.745. The highest BCUT2D eigenvalue weighted by Gasteiger charge is 2.18. The van der Waals surface area contributed by atoms with Crippen molar-refractivity contribution in [2.24, 2.45) is 0 Å². The Morgan fingerprint density at radius 3 is 2.63 bits per heavy atom. The molecule has 0 amide bonds. The van der Waals surface area contributed by atoms with Crippen molar-refractivity contribution < 1.29 is 17.9 Å². The Kier molecular flexibility index (Phi) is 5.97. The molecule has 0 aliphatic heterocycles. The maximum atomic E-state index is 13.4. The van der Waals surface area contributed by atoms with E-state index in [0.29, 0.717) is 24.1 Å². The number of halogens is 2. The average Bonchev–Trinajstić information content (AvgIpc) is 2.35. The van der Waals surface area contributed by atoms with Crippen LogP contribution in [0.3, 0.4) is 0 Å². The molecule has 0 spiro atoms. The zero-order valence-corrected chi connectivity index (χ0v) is 11.1. The van der Waals surface area contributed by atoms with Crippen LogP contribution in [0.5, 0.6) is 0 Å². The van der Waals surface area contributed by atoms with Gasteiger partial charge < -0.3 is 5.32 Å². The van der Waals surface area contributed by atoms with Crippen LogP contribution in [0, 0.1) is 21.7 Å². The molecule has 106 valence electrons. The van der Waals surface area contributed by atoms with E-state index in [0.717, 1.165) is 6.07 Å². The Balaban J connectivity index is 2.65. The Labute approximate surface area is 111 Å². The van der Waals surface area contributed by atoms with Gasteiger partial charge in [-0.3, -0.25) is 14.3 Å². The van der Waals surface area contributed by atoms with Crippen LogP contribution < -0.4 is 5.32 Å². The molecule has 0 aromatic heterocycles. The van der Waals surface area contributed by atoms with Gasteiger partial charge in [0.1, 0.15) is 5.82 Å². The number of nitrogens with zero attached hydrogens (tertiary/aromatic N) is 1. The standard InChI is InChI=1S/C11H14F2N2O3S/c1-2-19(18)4-3-14-7-8-5-11(15(16)17)10(13)6-9(8)12/h5-6,14H,2-4,7H2,1H3. The van der Waals surface area contributed by atoms with Crippen molar-refractivity contribution in [1.29, 1.82) is 0 Å². The molecule has 0 fully saturated rings. The first-order valence-corrected chi connectivity index (χ1v) is 7.12. The van der Waals surface area contributed by atoms with E-state index in [1.54, 1.807) is 6.92 Å². The number of hydrogen-bond acceptors (Lipinski definition) is 4. The molecule has 1 aromatic carbocycles. The van der Waals surface area contributed by atoms with Crippen molar-refractivity contribution in [2.75, 3.05) is 18.1 Å². The van der Waals surface area contributed by atoms with Crippen molar-refractivity contribution in [2.45, 2.75) is 13.5 Å². The topological polar surface area (TPSA) is 72.2 Å². The number of nitrogens with one attached hydrogen (secondary N) is 1. The molecule has 0 saturated carbocycles. The predicted octanol–water partition coefficient (Wildman–Crippen LogP) is 1.73. The molecule has 1 rings (SSSR count). The van der Waals surface area contributed by atoms with Gasteiger partial charge in [-0.25, -0.2) is 4.39 Å². The lowest BCUT2D eigenvalue weighted by Gasteiger charge is -2.06. The van der Waals surface area contributed by atoms with E-state index >= 15 is 0 Å². The van der Waals surface area contributed by atoms with E-state index in [1.807, 2.05) is 0 Å². The highest BCUT2D eigenvalue weighted by Crippen LogP contribution is 2.21. The number of nitro groups is 1. The van der Waals surface area contributed by atoms with Crippen LogP contribution in [0.2, 0.25) is 0 Å². The van der Waals surface area contributed by atoms with Gasteiger partial charge in [0.2, 0.25) is 5.82 Å². The Bertz CT molecular complexity index is 497. The molecule has 8 heteroatoms. The largest absolute Gasteiger partial charge is 0.312 e. The summed E-state index contributed by atoms with van der Waals surface area (Å²) >= 11 is 0.